The molecule has 4 nitrogen and oxygen atoms in total. The van der Waals surface area contributed by atoms with Crippen LogP contribution in [0.5, 0.6) is 0 Å². The standard InChI is InChI=1S/C18H19F2NO3/c1-11(16(22)13-8-9-14(19)15(20)10-13)21-18(23)17(24-2)12-6-4-3-5-7-12/h3-11,16-17,22H,1-2H3,(H,21,23)/t11-,16+,17+/m0/s1. The Kier molecular flexibility index (Phi) is 6.00. The first kappa shape index (κ1) is 18.0. The minimum Gasteiger partial charge on any atom is -0.386 e. The van der Waals surface area contributed by atoms with Crippen LogP contribution in [0.3, 0.4) is 0 Å². The number of rotatable bonds is 6. The number of hydrogen-bond donors (Lipinski definition) is 2. The van der Waals surface area contributed by atoms with Gasteiger partial charge in [0.2, 0.25) is 0 Å². The third kappa shape index (κ3) is 4.15. The molecule has 0 aliphatic heterocycles. The molecule has 1 amide bonds. The van der Waals surface area contributed by atoms with Crippen molar-refractivity contribution < 1.29 is 23.4 Å². The minimum atomic E-state index is -1.18. The number of benzene rings is 2. The quantitative estimate of drug-likeness (QED) is 0.853. The number of carbonyl (C=O) groups is 1. The molecular formula is C18H19F2NO3. The maximum Gasteiger partial charge on any atom is 0.254 e. The monoisotopic (exact) mass is 335 g/mol. The smallest absolute Gasteiger partial charge is 0.254 e. The largest absolute Gasteiger partial charge is 0.386 e. The molecule has 0 saturated carbocycles. The van der Waals surface area contributed by atoms with Crippen LogP contribution >= 0.6 is 0 Å². The lowest BCUT2D eigenvalue weighted by atomic mass is 10.0. The Morgan fingerprint density at radius 3 is 2.33 bits per heavy atom. The van der Waals surface area contributed by atoms with Crippen LogP contribution in [0.4, 0.5) is 8.78 Å². The first-order valence-corrected chi connectivity index (χ1v) is 7.45. The Bertz CT molecular complexity index is 694. The van der Waals surface area contributed by atoms with Gasteiger partial charge in [0.1, 0.15) is 0 Å². The van der Waals surface area contributed by atoms with Gasteiger partial charge < -0.3 is 15.2 Å². The third-order valence-corrected chi connectivity index (χ3v) is 3.70. The van der Waals surface area contributed by atoms with E-state index in [1.165, 1.54) is 13.2 Å². The summed E-state index contributed by atoms with van der Waals surface area (Å²) >= 11 is 0. The van der Waals surface area contributed by atoms with Crippen LogP contribution in [-0.4, -0.2) is 24.2 Å². The van der Waals surface area contributed by atoms with E-state index in [2.05, 4.69) is 5.32 Å². The Morgan fingerprint density at radius 2 is 1.75 bits per heavy atom. The van der Waals surface area contributed by atoms with Gasteiger partial charge in [0, 0.05) is 7.11 Å². The van der Waals surface area contributed by atoms with Crippen molar-refractivity contribution in [2.45, 2.75) is 25.2 Å². The maximum atomic E-state index is 13.3. The van der Waals surface area contributed by atoms with Gasteiger partial charge in [-0.05, 0) is 30.2 Å². The molecule has 128 valence electrons. The molecule has 6 heteroatoms. The number of methoxy groups -OCH3 is 1. The molecule has 3 atom stereocenters. The summed E-state index contributed by atoms with van der Waals surface area (Å²) in [6.07, 6.45) is -2.01. The zero-order valence-corrected chi connectivity index (χ0v) is 13.4. The summed E-state index contributed by atoms with van der Waals surface area (Å²) in [7, 11) is 1.41. The Balaban J connectivity index is 2.08. The molecule has 0 aromatic heterocycles. The van der Waals surface area contributed by atoms with Gasteiger partial charge >= 0.3 is 0 Å². The second kappa shape index (κ2) is 7.99. The first-order valence-electron chi connectivity index (χ1n) is 7.45. The molecule has 0 saturated heterocycles. The van der Waals surface area contributed by atoms with E-state index in [0.29, 0.717) is 5.56 Å². The summed E-state index contributed by atoms with van der Waals surface area (Å²) in [6, 6.07) is 11.3. The number of carbonyl (C=O) groups excluding carboxylic acids is 1. The summed E-state index contributed by atoms with van der Waals surface area (Å²) in [5.74, 6) is -2.48. The molecule has 0 aliphatic rings. The van der Waals surface area contributed by atoms with Gasteiger partial charge in [-0.1, -0.05) is 36.4 Å². The van der Waals surface area contributed by atoms with E-state index < -0.39 is 35.8 Å². The van der Waals surface area contributed by atoms with Crippen LogP contribution < -0.4 is 5.32 Å². The molecule has 24 heavy (non-hydrogen) atoms. The van der Waals surface area contributed by atoms with E-state index in [4.69, 9.17) is 4.74 Å². The second-order valence-electron chi connectivity index (χ2n) is 5.44. The van der Waals surface area contributed by atoms with Gasteiger partial charge in [0.05, 0.1) is 12.1 Å². The fourth-order valence-corrected chi connectivity index (χ4v) is 2.39. The van der Waals surface area contributed by atoms with Crippen molar-refractivity contribution in [2.75, 3.05) is 7.11 Å². The highest BCUT2D eigenvalue weighted by Gasteiger charge is 2.25. The number of halogens is 2. The van der Waals surface area contributed by atoms with Gasteiger partial charge in [-0.25, -0.2) is 8.78 Å². The van der Waals surface area contributed by atoms with E-state index in [0.717, 1.165) is 12.1 Å². The van der Waals surface area contributed by atoms with E-state index in [1.54, 1.807) is 31.2 Å². The Morgan fingerprint density at radius 1 is 1.08 bits per heavy atom. The molecule has 2 rings (SSSR count). The van der Waals surface area contributed by atoms with E-state index in [9.17, 15) is 18.7 Å². The average Bonchev–Trinajstić information content (AvgIpc) is 2.58. The summed E-state index contributed by atoms with van der Waals surface area (Å²) < 4.78 is 31.5. The van der Waals surface area contributed by atoms with Gasteiger partial charge in [-0.2, -0.15) is 0 Å². The van der Waals surface area contributed by atoms with Crippen molar-refractivity contribution >= 4 is 5.91 Å². The first-order chi connectivity index (χ1) is 11.4. The Hall–Kier alpha value is -2.31. The lowest BCUT2D eigenvalue weighted by Gasteiger charge is -2.23. The van der Waals surface area contributed by atoms with E-state index in [-0.39, 0.29) is 5.56 Å². The van der Waals surface area contributed by atoms with Crippen LogP contribution in [0.15, 0.2) is 48.5 Å². The minimum absolute atomic E-state index is 0.176. The second-order valence-corrected chi connectivity index (χ2v) is 5.44. The van der Waals surface area contributed by atoms with Crippen LogP contribution in [0.25, 0.3) is 0 Å². The zero-order valence-electron chi connectivity index (χ0n) is 13.4. The predicted molar refractivity (Wildman–Crippen MR) is 85.1 cm³/mol. The highest BCUT2D eigenvalue weighted by Crippen LogP contribution is 2.21. The number of ether oxygens (including phenoxy) is 1. The number of hydrogen-bond acceptors (Lipinski definition) is 3. The molecule has 2 N–H and O–H groups in total. The molecule has 0 heterocycles. The van der Waals surface area contributed by atoms with Crippen molar-refractivity contribution in [3.63, 3.8) is 0 Å². The van der Waals surface area contributed by atoms with Crippen LogP contribution in [0.2, 0.25) is 0 Å². The molecule has 0 aliphatic carbocycles. The molecule has 2 aromatic carbocycles. The highest BCUT2D eigenvalue weighted by molar-refractivity contribution is 5.82. The van der Waals surface area contributed by atoms with E-state index in [1.807, 2.05) is 6.07 Å². The van der Waals surface area contributed by atoms with Crippen molar-refractivity contribution in [3.8, 4) is 0 Å². The van der Waals surface area contributed by atoms with Crippen LogP contribution in [-0.2, 0) is 9.53 Å². The fourth-order valence-electron chi connectivity index (χ4n) is 2.39. The summed E-state index contributed by atoms with van der Waals surface area (Å²) in [5, 5.41) is 12.9. The van der Waals surface area contributed by atoms with E-state index >= 15 is 0 Å². The highest BCUT2D eigenvalue weighted by atomic mass is 19.2. The molecule has 0 unspecified atom stereocenters. The molecule has 0 radical (unpaired) electrons. The maximum absolute atomic E-state index is 13.3. The number of aliphatic hydroxyl groups excluding tert-OH is 1. The summed E-state index contributed by atoms with van der Waals surface area (Å²) in [6.45, 7) is 1.57. The molecule has 0 bridgehead atoms. The molecule has 2 aromatic rings. The Labute approximate surface area is 139 Å². The summed E-state index contributed by atoms with van der Waals surface area (Å²) in [5.41, 5.74) is 0.849. The normalized spacial score (nSPS) is 14.7. The fraction of sp³-hybridized carbons (Fsp3) is 0.278. The zero-order chi connectivity index (χ0) is 17.7. The summed E-state index contributed by atoms with van der Waals surface area (Å²) in [4.78, 5) is 12.4. The molecule has 0 fully saturated rings. The van der Waals surface area contributed by atoms with Crippen LogP contribution in [0.1, 0.15) is 30.3 Å². The number of amides is 1. The molecular weight excluding hydrogens is 316 g/mol. The van der Waals surface area contributed by atoms with Crippen molar-refractivity contribution in [1.29, 1.82) is 0 Å². The molecule has 0 spiro atoms. The number of nitrogens with one attached hydrogen (secondary N) is 1. The van der Waals surface area contributed by atoms with Gasteiger partial charge in [-0.15, -0.1) is 0 Å². The van der Waals surface area contributed by atoms with Gasteiger partial charge in [0.25, 0.3) is 5.91 Å². The van der Waals surface area contributed by atoms with Crippen molar-refractivity contribution in [2.24, 2.45) is 0 Å². The van der Waals surface area contributed by atoms with Gasteiger partial charge in [0.15, 0.2) is 17.7 Å². The lowest BCUT2D eigenvalue weighted by Crippen LogP contribution is -2.40. The van der Waals surface area contributed by atoms with Gasteiger partial charge in [-0.3, -0.25) is 4.79 Å². The SMILES string of the molecule is CO[C@@H](C(=O)N[C@@H](C)[C@@H](O)c1ccc(F)c(F)c1)c1ccccc1. The average molecular weight is 335 g/mol. The topological polar surface area (TPSA) is 58.6 Å². The lowest BCUT2D eigenvalue weighted by molar-refractivity contribution is -0.132. The van der Waals surface area contributed by atoms with Crippen molar-refractivity contribution in [1.82, 2.24) is 5.32 Å². The predicted octanol–water partition coefficient (Wildman–Crippen LogP) is 2.89. The van der Waals surface area contributed by atoms with Crippen LogP contribution in [0, 0.1) is 11.6 Å². The number of aliphatic hydroxyl groups is 1. The third-order valence-electron chi connectivity index (χ3n) is 3.70. The van der Waals surface area contributed by atoms with Crippen molar-refractivity contribution in [3.05, 3.63) is 71.3 Å².